The summed E-state index contributed by atoms with van der Waals surface area (Å²) >= 11 is 3.50. The van der Waals surface area contributed by atoms with Crippen LogP contribution in [-0.4, -0.2) is 9.97 Å². The number of oxazole rings is 2. The summed E-state index contributed by atoms with van der Waals surface area (Å²) in [6.45, 7) is 6.31. The molecule has 0 bridgehead atoms. The topological polar surface area (TPSA) is 52.1 Å². The van der Waals surface area contributed by atoms with Gasteiger partial charge in [-0.25, -0.2) is 9.97 Å². The van der Waals surface area contributed by atoms with Gasteiger partial charge in [0, 0.05) is 16.2 Å². The Morgan fingerprint density at radius 3 is 2.62 bits per heavy atom. The molecule has 0 N–H and O–H groups in total. The van der Waals surface area contributed by atoms with E-state index in [2.05, 4.69) is 48.1 Å². The highest BCUT2D eigenvalue weighted by molar-refractivity contribution is 7.15. The lowest BCUT2D eigenvalue weighted by atomic mass is 10.0. The number of rotatable bonds is 6. The highest BCUT2D eigenvalue weighted by Gasteiger charge is 2.15. The second-order valence-electron chi connectivity index (χ2n) is 6.44. The van der Waals surface area contributed by atoms with Crippen LogP contribution in [-0.2, 0) is 6.42 Å². The van der Waals surface area contributed by atoms with Crippen molar-refractivity contribution >= 4 is 22.7 Å². The first-order valence-electron chi connectivity index (χ1n) is 8.62. The van der Waals surface area contributed by atoms with Crippen LogP contribution in [0.3, 0.4) is 0 Å². The minimum Gasteiger partial charge on any atom is -0.442 e. The Hall–Kier alpha value is -2.18. The molecule has 4 heterocycles. The number of hydrogen-bond acceptors (Lipinski definition) is 6. The van der Waals surface area contributed by atoms with Crippen molar-refractivity contribution in [2.45, 2.75) is 39.5 Å². The molecule has 134 valence electrons. The summed E-state index contributed by atoms with van der Waals surface area (Å²) in [5, 5.41) is 0. The van der Waals surface area contributed by atoms with Gasteiger partial charge < -0.3 is 8.83 Å². The molecule has 26 heavy (non-hydrogen) atoms. The third-order valence-electron chi connectivity index (χ3n) is 4.41. The molecule has 1 atom stereocenters. The Morgan fingerprint density at radius 2 is 1.88 bits per heavy atom. The number of hydrogen-bond donors (Lipinski definition) is 0. The first-order valence-corrected chi connectivity index (χ1v) is 10.2. The first-order chi connectivity index (χ1) is 12.6. The maximum atomic E-state index is 5.93. The van der Waals surface area contributed by atoms with Crippen LogP contribution >= 0.6 is 22.7 Å². The number of aryl methyl sites for hydroxylation is 3. The molecule has 0 aliphatic heterocycles. The second kappa shape index (κ2) is 7.21. The molecule has 1 unspecified atom stereocenters. The molecule has 0 aromatic carbocycles. The minimum atomic E-state index is 0.441. The van der Waals surface area contributed by atoms with Crippen LogP contribution in [0.25, 0.3) is 21.3 Å². The van der Waals surface area contributed by atoms with Crippen LogP contribution in [0.5, 0.6) is 0 Å². The van der Waals surface area contributed by atoms with Crippen molar-refractivity contribution in [1.29, 1.82) is 0 Å². The lowest BCUT2D eigenvalue weighted by Gasteiger charge is -2.07. The largest absolute Gasteiger partial charge is 0.442 e. The molecule has 0 spiro atoms. The quantitative estimate of drug-likeness (QED) is 0.382. The molecule has 0 saturated carbocycles. The lowest BCUT2D eigenvalue weighted by molar-refractivity contribution is 0.489. The Morgan fingerprint density at radius 1 is 1.04 bits per heavy atom. The van der Waals surface area contributed by atoms with Gasteiger partial charge in [-0.1, -0.05) is 6.92 Å². The van der Waals surface area contributed by atoms with E-state index in [0.29, 0.717) is 5.92 Å². The molecule has 0 radical (unpaired) electrons. The fourth-order valence-electron chi connectivity index (χ4n) is 2.87. The highest BCUT2D eigenvalue weighted by Crippen LogP contribution is 2.35. The number of aromatic nitrogens is 2. The Labute approximate surface area is 160 Å². The van der Waals surface area contributed by atoms with E-state index in [0.717, 1.165) is 45.7 Å². The fourth-order valence-corrected chi connectivity index (χ4v) is 4.81. The standard InChI is InChI=1S/C20H20N2O2S2/c1-12(16-7-8-18(26-16)20-14(3)22-11-23-20)4-9-19-21-10-15(24-19)17-6-5-13(2)25-17/h5-8,10-12H,4,9H2,1-3H3. The summed E-state index contributed by atoms with van der Waals surface area (Å²) in [7, 11) is 0. The molecule has 4 rings (SSSR count). The summed E-state index contributed by atoms with van der Waals surface area (Å²) in [4.78, 5) is 13.5. The average molecular weight is 385 g/mol. The molecule has 0 aliphatic rings. The zero-order valence-electron chi connectivity index (χ0n) is 15.0. The van der Waals surface area contributed by atoms with E-state index in [1.807, 2.05) is 13.1 Å². The smallest absolute Gasteiger partial charge is 0.194 e. The summed E-state index contributed by atoms with van der Waals surface area (Å²) in [5.41, 5.74) is 0.933. The number of nitrogens with zero attached hydrogens (tertiary/aromatic N) is 2. The van der Waals surface area contributed by atoms with Gasteiger partial charge in [0.1, 0.15) is 0 Å². The van der Waals surface area contributed by atoms with Gasteiger partial charge in [0.25, 0.3) is 0 Å². The van der Waals surface area contributed by atoms with Gasteiger partial charge in [-0.15, -0.1) is 22.7 Å². The van der Waals surface area contributed by atoms with Gasteiger partial charge >= 0.3 is 0 Å². The van der Waals surface area contributed by atoms with Crippen molar-refractivity contribution in [3.8, 4) is 21.3 Å². The predicted molar refractivity (Wildman–Crippen MR) is 106 cm³/mol. The van der Waals surface area contributed by atoms with E-state index in [9.17, 15) is 0 Å². The fraction of sp³-hybridized carbons (Fsp3) is 0.300. The van der Waals surface area contributed by atoms with Gasteiger partial charge in [0.15, 0.2) is 23.8 Å². The van der Waals surface area contributed by atoms with Crippen molar-refractivity contribution in [2.75, 3.05) is 0 Å². The van der Waals surface area contributed by atoms with Crippen molar-refractivity contribution < 1.29 is 8.83 Å². The Kier molecular flexibility index (Phi) is 4.78. The Bertz CT molecular complexity index is 1010. The van der Waals surface area contributed by atoms with E-state index < -0.39 is 0 Å². The van der Waals surface area contributed by atoms with Crippen molar-refractivity contribution in [3.05, 3.63) is 58.2 Å². The van der Waals surface area contributed by atoms with Gasteiger partial charge in [-0.3, -0.25) is 0 Å². The van der Waals surface area contributed by atoms with Crippen LogP contribution in [0.4, 0.5) is 0 Å². The molecule has 0 fully saturated rings. The van der Waals surface area contributed by atoms with Gasteiger partial charge in [0.05, 0.1) is 21.6 Å². The van der Waals surface area contributed by atoms with Crippen LogP contribution in [0.2, 0.25) is 0 Å². The summed E-state index contributed by atoms with van der Waals surface area (Å²) < 4.78 is 11.4. The molecule has 0 amide bonds. The summed E-state index contributed by atoms with van der Waals surface area (Å²) in [5.74, 6) is 2.99. The SMILES string of the molecule is Cc1ccc(-c2cnc(CCC(C)c3ccc(-c4ocnc4C)s3)o2)s1. The molecular formula is C20H20N2O2S2. The van der Waals surface area contributed by atoms with E-state index in [1.54, 1.807) is 22.7 Å². The molecule has 4 nitrogen and oxygen atoms in total. The molecule has 0 aliphatic carbocycles. The van der Waals surface area contributed by atoms with Crippen LogP contribution in [0, 0.1) is 13.8 Å². The number of thiophene rings is 2. The van der Waals surface area contributed by atoms with E-state index in [-0.39, 0.29) is 0 Å². The molecular weight excluding hydrogens is 364 g/mol. The normalized spacial score (nSPS) is 12.6. The monoisotopic (exact) mass is 384 g/mol. The lowest BCUT2D eigenvalue weighted by Crippen LogP contribution is -1.94. The second-order valence-corrected chi connectivity index (χ2v) is 8.84. The third-order valence-corrected chi connectivity index (χ3v) is 6.74. The molecule has 0 saturated heterocycles. The van der Waals surface area contributed by atoms with Crippen molar-refractivity contribution in [1.82, 2.24) is 9.97 Å². The van der Waals surface area contributed by atoms with Crippen LogP contribution in [0.15, 0.2) is 45.7 Å². The van der Waals surface area contributed by atoms with Gasteiger partial charge in [-0.05, 0) is 50.5 Å². The minimum absolute atomic E-state index is 0.441. The van der Waals surface area contributed by atoms with E-state index in [1.165, 1.54) is 16.1 Å². The maximum Gasteiger partial charge on any atom is 0.194 e. The maximum absolute atomic E-state index is 5.93. The van der Waals surface area contributed by atoms with Gasteiger partial charge in [-0.2, -0.15) is 0 Å². The molecule has 4 aromatic rings. The highest BCUT2D eigenvalue weighted by atomic mass is 32.1. The average Bonchev–Trinajstić information content (AvgIpc) is 3.39. The molecule has 4 aromatic heterocycles. The van der Waals surface area contributed by atoms with Crippen molar-refractivity contribution in [2.24, 2.45) is 0 Å². The predicted octanol–water partition coefficient (Wildman–Crippen LogP) is 6.47. The van der Waals surface area contributed by atoms with Crippen molar-refractivity contribution in [3.63, 3.8) is 0 Å². The van der Waals surface area contributed by atoms with Crippen LogP contribution in [0.1, 0.15) is 40.6 Å². The summed E-state index contributed by atoms with van der Waals surface area (Å²) in [6, 6.07) is 8.49. The zero-order chi connectivity index (χ0) is 18.1. The zero-order valence-corrected chi connectivity index (χ0v) is 16.6. The van der Waals surface area contributed by atoms with E-state index in [4.69, 9.17) is 8.83 Å². The third kappa shape index (κ3) is 3.52. The van der Waals surface area contributed by atoms with E-state index >= 15 is 0 Å². The first kappa shape index (κ1) is 17.2. The van der Waals surface area contributed by atoms with Crippen LogP contribution < -0.4 is 0 Å². The summed E-state index contributed by atoms with van der Waals surface area (Å²) in [6.07, 6.45) is 5.17. The Balaban J connectivity index is 1.40. The molecule has 6 heteroatoms. The van der Waals surface area contributed by atoms with Gasteiger partial charge in [0.2, 0.25) is 0 Å².